The number of esters is 1. The minimum Gasteiger partial charge on any atom is -0.461 e. The largest absolute Gasteiger partial charge is 0.461 e. The first-order valence-corrected chi connectivity index (χ1v) is 16.5. The number of dihydropyridines is 1. The number of fused-ring (bicyclic) bond motifs is 1. The number of ether oxygens (including phenoxy) is 1. The summed E-state index contributed by atoms with van der Waals surface area (Å²) in [6.45, 7) is 2.49. The molecule has 3 aromatic carbocycles. The Hall–Kier alpha value is -4.33. The Bertz CT molecular complexity index is 1880. The van der Waals surface area contributed by atoms with Crippen LogP contribution in [0.4, 0.5) is 5.69 Å². The normalized spacial score (nSPS) is 18.7. The third kappa shape index (κ3) is 5.96. The smallest absolute Gasteiger partial charge is 0.336 e. The molecule has 3 aromatic rings. The van der Waals surface area contributed by atoms with Crippen LogP contribution in [0.2, 0.25) is 0 Å². The van der Waals surface area contributed by atoms with Crippen LogP contribution in [0.15, 0.2) is 111 Å². The van der Waals surface area contributed by atoms with Crippen LogP contribution in [0, 0.1) is 10.1 Å². The Morgan fingerprint density at radius 1 is 1.00 bits per heavy atom. The van der Waals surface area contributed by atoms with Gasteiger partial charge in [-0.15, -0.1) is 0 Å². The van der Waals surface area contributed by atoms with Crippen molar-refractivity contribution in [1.82, 2.24) is 10.2 Å². The molecule has 5 rings (SSSR count). The first-order valence-electron chi connectivity index (χ1n) is 13.3. The lowest BCUT2D eigenvalue weighted by Crippen LogP contribution is -2.34. The van der Waals surface area contributed by atoms with Crippen LogP contribution in [-0.2, 0) is 35.8 Å². The van der Waals surface area contributed by atoms with Crippen LogP contribution in [0.3, 0.4) is 0 Å². The van der Waals surface area contributed by atoms with Gasteiger partial charge in [-0.2, -0.15) is 0 Å². The fourth-order valence-corrected chi connectivity index (χ4v) is 9.43. The summed E-state index contributed by atoms with van der Waals surface area (Å²) in [6, 6.07) is 20.3. The Morgan fingerprint density at radius 3 is 2.37 bits per heavy atom. The molecule has 43 heavy (non-hydrogen) atoms. The molecule has 13 heteroatoms. The Morgan fingerprint density at radius 2 is 1.67 bits per heavy atom. The van der Waals surface area contributed by atoms with Gasteiger partial charge in [0, 0.05) is 36.6 Å². The molecule has 0 fully saturated rings. The molecular formula is C30H29N3O8S2. The van der Waals surface area contributed by atoms with Crippen LogP contribution in [0.25, 0.3) is 0 Å². The van der Waals surface area contributed by atoms with E-state index in [4.69, 9.17) is 4.74 Å². The number of carbonyl (C=O) groups is 1. The highest BCUT2D eigenvalue weighted by Crippen LogP contribution is 2.46. The highest BCUT2D eigenvalue weighted by atomic mass is 32.2. The molecule has 1 unspecified atom stereocenters. The van der Waals surface area contributed by atoms with Crippen molar-refractivity contribution in [2.45, 2.75) is 29.2 Å². The van der Waals surface area contributed by atoms with Crippen LogP contribution in [0.1, 0.15) is 24.0 Å². The van der Waals surface area contributed by atoms with Crippen molar-refractivity contribution in [3.05, 3.63) is 122 Å². The van der Waals surface area contributed by atoms with E-state index in [0.717, 1.165) is 5.56 Å². The maximum absolute atomic E-state index is 14.2. The first-order chi connectivity index (χ1) is 20.4. The van der Waals surface area contributed by atoms with Crippen molar-refractivity contribution in [3.8, 4) is 0 Å². The fraction of sp³-hybridized carbons (Fsp3) is 0.233. The SMILES string of the molecule is CC1=C(C(=O)OCCN(C)Cc2ccccc2)C(c2cccc([N+](=O)[O-])c2)C2=C(CS(=O)(=O)c3ccccc3S2(=O)=O)N1. The van der Waals surface area contributed by atoms with E-state index in [-0.39, 0.29) is 44.6 Å². The molecular weight excluding hydrogens is 594 g/mol. The predicted octanol–water partition coefficient (Wildman–Crippen LogP) is 3.70. The van der Waals surface area contributed by atoms with Crippen LogP contribution >= 0.6 is 0 Å². The van der Waals surface area contributed by atoms with E-state index in [0.29, 0.717) is 13.1 Å². The number of nitrogens with zero attached hydrogens (tertiary/aromatic N) is 2. The molecule has 2 aliphatic rings. The quantitative estimate of drug-likeness (QED) is 0.223. The van der Waals surface area contributed by atoms with Gasteiger partial charge in [0.05, 0.1) is 36.9 Å². The van der Waals surface area contributed by atoms with Gasteiger partial charge < -0.3 is 10.1 Å². The van der Waals surface area contributed by atoms with E-state index in [9.17, 15) is 31.7 Å². The number of hydrogen-bond acceptors (Lipinski definition) is 10. The number of carbonyl (C=O) groups excluding carboxylic acids is 1. The highest BCUT2D eigenvalue weighted by Gasteiger charge is 2.46. The summed E-state index contributed by atoms with van der Waals surface area (Å²) in [5, 5.41) is 14.5. The van der Waals surface area contributed by atoms with Crippen molar-refractivity contribution in [2.24, 2.45) is 0 Å². The maximum atomic E-state index is 14.2. The lowest BCUT2D eigenvalue weighted by molar-refractivity contribution is -0.384. The van der Waals surface area contributed by atoms with E-state index in [1.54, 1.807) is 0 Å². The molecule has 1 N–H and O–H groups in total. The lowest BCUT2D eigenvalue weighted by Gasteiger charge is -2.31. The molecule has 11 nitrogen and oxygen atoms in total. The van der Waals surface area contributed by atoms with Gasteiger partial charge in [0.2, 0.25) is 9.84 Å². The number of nitro benzene ring substituents is 1. The molecule has 0 saturated carbocycles. The topological polar surface area (TPSA) is 153 Å². The summed E-state index contributed by atoms with van der Waals surface area (Å²) in [5.41, 5.74) is 0.885. The third-order valence-corrected chi connectivity index (χ3v) is 11.1. The number of likely N-dealkylation sites (N-methyl/N-ethyl adjacent to an activating group) is 1. The average molecular weight is 624 g/mol. The Kier molecular flexibility index (Phi) is 8.23. The average Bonchev–Trinajstić information content (AvgIpc) is 3.03. The molecule has 0 bridgehead atoms. The van der Waals surface area contributed by atoms with Crippen LogP contribution < -0.4 is 5.32 Å². The minimum absolute atomic E-state index is 0.0174. The summed E-state index contributed by atoms with van der Waals surface area (Å²) in [4.78, 5) is 25.5. The van der Waals surface area contributed by atoms with Gasteiger partial charge in [-0.1, -0.05) is 54.6 Å². The molecule has 0 amide bonds. The number of allylic oxidation sites excluding steroid dienone is 2. The van der Waals surface area contributed by atoms with Gasteiger partial charge in [-0.25, -0.2) is 21.6 Å². The number of rotatable bonds is 8. The number of hydrogen-bond donors (Lipinski definition) is 1. The molecule has 0 spiro atoms. The van der Waals surface area contributed by atoms with Crippen molar-refractivity contribution < 1.29 is 31.3 Å². The monoisotopic (exact) mass is 623 g/mol. The van der Waals surface area contributed by atoms with Gasteiger partial charge in [-0.3, -0.25) is 15.0 Å². The van der Waals surface area contributed by atoms with Gasteiger partial charge in [-0.05, 0) is 37.2 Å². The number of nitro groups is 1. The fourth-order valence-electron chi connectivity index (χ4n) is 5.37. The lowest BCUT2D eigenvalue weighted by atomic mass is 9.86. The molecule has 0 radical (unpaired) electrons. The van der Waals surface area contributed by atoms with Crippen molar-refractivity contribution in [2.75, 3.05) is 26.0 Å². The molecule has 0 saturated heterocycles. The first kappa shape index (κ1) is 30.1. The van der Waals surface area contributed by atoms with Crippen LogP contribution in [0.5, 0.6) is 0 Å². The summed E-state index contributed by atoms with van der Waals surface area (Å²) in [7, 11) is -6.76. The molecule has 2 aliphatic heterocycles. The zero-order valence-electron chi connectivity index (χ0n) is 23.4. The summed E-state index contributed by atoms with van der Waals surface area (Å²) < 4.78 is 60.8. The van der Waals surface area contributed by atoms with E-state index < -0.39 is 47.1 Å². The second-order valence-corrected chi connectivity index (χ2v) is 14.2. The van der Waals surface area contributed by atoms with E-state index in [1.165, 1.54) is 55.5 Å². The molecule has 0 aliphatic carbocycles. The third-order valence-electron chi connectivity index (χ3n) is 7.32. The molecule has 0 aromatic heterocycles. The van der Waals surface area contributed by atoms with Gasteiger partial charge >= 0.3 is 5.97 Å². The van der Waals surface area contributed by atoms with E-state index in [2.05, 4.69) is 5.32 Å². The summed E-state index contributed by atoms with van der Waals surface area (Å²) >= 11 is 0. The number of non-ortho nitro benzene ring substituents is 1. The molecule has 2 heterocycles. The summed E-state index contributed by atoms with van der Waals surface area (Å²) in [6.07, 6.45) is 0. The van der Waals surface area contributed by atoms with E-state index >= 15 is 0 Å². The Balaban J connectivity index is 1.55. The highest BCUT2D eigenvalue weighted by molar-refractivity contribution is 7.97. The zero-order valence-corrected chi connectivity index (χ0v) is 25.0. The second kappa shape index (κ2) is 11.7. The minimum atomic E-state index is -4.52. The zero-order chi connectivity index (χ0) is 30.9. The standard InChI is InChI=1S/C30H29N3O8S2/c1-20-27(30(34)41-16-15-32(2)18-21-9-4-3-5-10-21)28(22-11-8-12-23(17-22)33(35)36)29-24(31-20)19-42(37,38)25-13-6-7-14-26(25)43(29,39)40/h3-14,17,28,31H,15-16,18-19H2,1-2H3. The maximum Gasteiger partial charge on any atom is 0.336 e. The van der Waals surface area contributed by atoms with Gasteiger partial charge in [0.25, 0.3) is 5.69 Å². The summed E-state index contributed by atoms with van der Waals surface area (Å²) in [5.74, 6) is -2.86. The van der Waals surface area contributed by atoms with Crippen LogP contribution in [-0.4, -0.2) is 58.6 Å². The molecule has 1 atom stereocenters. The van der Waals surface area contributed by atoms with E-state index in [1.807, 2.05) is 42.3 Å². The number of benzene rings is 3. The Labute approximate surface area is 249 Å². The van der Waals surface area contributed by atoms with Crippen molar-refractivity contribution in [1.29, 1.82) is 0 Å². The van der Waals surface area contributed by atoms with Crippen molar-refractivity contribution in [3.63, 3.8) is 0 Å². The number of sulfone groups is 2. The van der Waals surface area contributed by atoms with Crippen molar-refractivity contribution >= 4 is 31.3 Å². The second-order valence-electron chi connectivity index (χ2n) is 10.4. The predicted molar refractivity (Wildman–Crippen MR) is 158 cm³/mol. The van der Waals surface area contributed by atoms with Gasteiger partial charge in [0.1, 0.15) is 6.61 Å². The molecule has 224 valence electrons. The number of nitrogens with one attached hydrogen (secondary N) is 1. The van der Waals surface area contributed by atoms with Gasteiger partial charge in [0.15, 0.2) is 9.84 Å².